The molecule has 1 aromatic rings. The van der Waals surface area contributed by atoms with Crippen molar-refractivity contribution in [2.24, 2.45) is 0 Å². The second-order valence-electron chi connectivity index (χ2n) is 3.92. The zero-order valence-corrected chi connectivity index (χ0v) is 11.8. The van der Waals surface area contributed by atoms with E-state index >= 15 is 0 Å². The molecule has 0 amide bonds. The maximum absolute atomic E-state index is 6.07. The fourth-order valence-electron chi connectivity index (χ4n) is 0.902. The molecule has 1 rings (SSSR count). The SMILES string of the molecule is CC(Cl)C(C)(C)NCc1cc(Br)cs1. The van der Waals surface area contributed by atoms with E-state index < -0.39 is 0 Å². The monoisotopic (exact) mass is 295 g/mol. The minimum atomic E-state index is -0.0297. The summed E-state index contributed by atoms with van der Waals surface area (Å²) in [6, 6.07) is 2.13. The Hall–Kier alpha value is 0.430. The molecule has 1 aromatic heterocycles. The molecule has 0 aliphatic rings. The molecule has 0 fully saturated rings. The number of thiophene rings is 1. The lowest BCUT2D eigenvalue weighted by Gasteiger charge is -2.28. The van der Waals surface area contributed by atoms with Crippen LogP contribution in [-0.4, -0.2) is 10.9 Å². The average molecular weight is 297 g/mol. The summed E-state index contributed by atoms with van der Waals surface area (Å²) >= 11 is 11.3. The van der Waals surface area contributed by atoms with Gasteiger partial charge in [0.1, 0.15) is 0 Å². The van der Waals surface area contributed by atoms with Crippen molar-refractivity contribution in [1.82, 2.24) is 5.32 Å². The lowest BCUT2D eigenvalue weighted by atomic mass is 10.0. The Morgan fingerprint density at radius 3 is 2.71 bits per heavy atom. The Balaban J connectivity index is 2.48. The predicted octanol–water partition coefficient (Wildman–Crippen LogP) is 4.01. The summed E-state index contributed by atoms with van der Waals surface area (Å²) in [7, 11) is 0. The second kappa shape index (κ2) is 4.97. The zero-order chi connectivity index (χ0) is 10.8. The molecule has 0 saturated carbocycles. The van der Waals surface area contributed by atoms with Gasteiger partial charge in [-0.2, -0.15) is 0 Å². The molecule has 14 heavy (non-hydrogen) atoms. The van der Waals surface area contributed by atoms with Crippen molar-refractivity contribution in [3.8, 4) is 0 Å². The maximum atomic E-state index is 6.07. The van der Waals surface area contributed by atoms with Crippen molar-refractivity contribution in [3.63, 3.8) is 0 Å². The summed E-state index contributed by atoms with van der Waals surface area (Å²) < 4.78 is 1.15. The van der Waals surface area contributed by atoms with E-state index in [1.165, 1.54) is 4.88 Å². The molecule has 0 aliphatic heterocycles. The smallest absolute Gasteiger partial charge is 0.0484 e. The molecule has 4 heteroatoms. The van der Waals surface area contributed by atoms with Gasteiger partial charge in [0, 0.05) is 32.2 Å². The third kappa shape index (κ3) is 3.54. The van der Waals surface area contributed by atoms with E-state index in [2.05, 4.69) is 46.5 Å². The van der Waals surface area contributed by atoms with Crippen LogP contribution in [0.15, 0.2) is 15.9 Å². The molecule has 1 unspecified atom stereocenters. The van der Waals surface area contributed by atoms with Crippen LogP contribution in [0.5, 0.6) is 0 Å². The van der Waals surface area contributed by atoms with Crippen LogP contribution in [0.4, 0.5) is 0 Å². The summed E-state index contributed by atoms with van der Waals surface area (Å²) in [5.41, 5.74) is -0.0297. The van der Waals surface area contributed by atoms with Crippen LogP contribution in [0.25, 0.3) is 0 Å². The Bertz CT molecular complexity index is 296. The third-order valence-corrected chi connectivity index (χ3v) is 4.58. The first-order valence-electron chi connectivity index (χ1n) is 4.54. The van der Waals surface area contributed by atoms with E-state index in [0.717, 1.165) is 11.0 Å². The third-order valence-electron chi connectivity index (χ3n) is 2.33. The lowest BCUT2D eigenvalue weighted by molar-refractivity contribution is 0.382. The minimum absolute atomic E-state index is 0.0297. The minimum Gasteiger partial charge on any atom is -0.305 e. The van der Waals surface area contributed by atoms with Crippen LogP contribution in [0.2, 0.25) is 0 Å². The molecule has 1 heterocycles. The topological polar surface area (TPSA) is 12.0 Å². The van der Waals surface area contributed by atoms with Crippen LogP contribution in [0.3, 0.4) is 0 Å². The summed E-state index contributed by atoms with van der Waals surface area (Å²) in [6.45, 7) is 7.12. The first kappa shape index (κ1) is 12.5. The van der Waals surface area contributed by atoms with Gasteiger partial charge in [-0.1, -0.05) is 0 Å². The highest BCUT2D eigenvalue weighted by atomic mass is 79.9. The molecule has 0 aromatic carbocycles. The molecule has 0 radical (unpaired) electrons. The van der Waals surface area contributed by atoms with Crippen LogP contribution in [0, 0.1) is 0 Å². The second-order valence-corrected chi connectivity index (χ2v) is 6.49. The van der Waals surface area contributed by atoms with Gasteiger partial charge >= 0.3 is 0 Å². The number of halogens is 2. The number of rotatable bonds is 4. The molecule has 0 saturated heterocycles. The van der Waals surface area contributed by atoms with Gasteiger partial charge in [-0.3, -0.25) is 0 Å². The lowest BCUT2D eigenvalue weighted by Crippen LogP contribution is -2.45. The Labute approximate surface area is 103 Å². The molecule has 0 spiro atoms. The summed E-state index contributed by atoms with van der Waals surface area (Å²) in [4.78, 5) is 1.32. The molecular weight excluding hydrogens is 282 g/mol. The Morgan fingerprint density at radius 1 is 1.64 bits per heavy atom. The highest BCUT2D eigenvalue weighted by Gasteiger charge is 2.23. The van der Waals surface area contributed by atoms with Crippen molar-refractivity contribution < 1.29 is 0 Å². The van der Waals surface area contributed by atoms with Gasteiger partial charge < -0.3 is 5.32 Å². The Kier molecular flexibility index (Phi) is 4.44. The number of hydrogen-bond acceptors (Lipinski definition) is 2. The van der Waals surface area contributed by atoms with Gasteiger partial charge in [0.15, 0.2) is 0 Å². The fourth-order valence-corrected chi connectivity index (χ4v) is 2.37. The number of hydrogen-bond donors (Lipinski definition) is 1. The van der Waals surface area contributed by atoms with Crippen molar-refractivity contribution >= 4 is 38.9 Å². The van der Waals surface area contributed by atoms with E-state index in [9.17, 15) is 0 Å². The molecule has 0 aliphatic carbocycles. The average Bonchev–Trinajstić information content (AvgIpc) is 2.48. The normalized spacial score (nSPS) is 14.4. The first-order valence-corrected chi connectivity index (χ1v) is 6.65. The van der Waals surface area contributed by atoms with E-state index in [1.807, 2.05) is 6.92 Å². The quantitative estimate of drug-likeness (QED) is 0.828. The first-order chi connectivity index (χ1) is 6.42. The van der Waals surface area contributed by atoms with Crippen molar-refractivity contribution in [2.45, 2.75) is 38.2 Å². The molecular formula is C10H15BrClNS. The van der Waals surface area contributed by atoms with E-state index in [0.29, 0.717) is 0 Å². The largest absolute Gasteiger partial charge is 0.305 e. The summed E-state index contributed by atoms with van der Waals surface area (Å²) in [6.07, 6.45) is 0. The van der Waals surface area contributed by atoms with Crippen LogP contribution >= 0.6 is 38.9 Å². The number of nitrogens with one attached hydrogen (secondary N) is 1. The molecule has 0 bridgehead atoms. The zero-order valence-electron chi connectivity index (χ0n) is 8.60. The van der Waals surface area contributed by atoms with Crippen molar-refractivity contribution in [2.75, 3.05) is 0 Å². The van der Waals surface area contributed by atoms with Gasteiger partial charge in [-0.05, 0) is 42.8 Å². The van der Waals surface area contributed by atoms with Crippen LogP contribution < -0.4 is 5.32 Å². The standard InChI is InChI=1S/C10H15BrClNS/c1-7(12)10(2,3)13-5-9-4-8(11)6-14-9/h4,6-7,13H,5H2,1-3H3. The fraction of sp³-hybridized carbons (Fsp3) is 0.600. The van der Waals surface area contributed by atoms with Crippen LogP contribution in [-0.2, 0) is 6.54 Å². The van der Waals surface area contributed by atoms with Gasteiger partial charge in [-0.15, -0.1) is 22.9 Å². The predicted molar refractivity (Wildman–Crippen MR) is 68.3 cm³/mol. The molecule has 80 valence electrons. The number of alkyl halides is 1. The van der Waals surface area contributed by atoms with Crippen molar-refractivity contribution in [3.05, 3.63) is 20.8 Å². The van der Waals surface area contributed by atoms with Gasteiger partial charge in [-0.25, -0.2) is 0 Å². The van der Waals surface area contributed by atoms with Crippen LogP contribution in [0.1, 0.15) is 25.6 Å². The molecule has 1 nitrogen and oxygen atoms in total. The molecule has 1 atom stereocenters. The van der Waals surface area contributed by atoms with Gasteiger partial charge in [0.05, 0.1) is 0 Å². The van der Waals surface area contributed by atoms with E-state index in [-0.39, 0.29) is 10.9 Å². The van der Waals surface area contributed by atoms with Gasteiger partial charge in [0.25, 0.3) is 0 Å². The Morgan fingerprint density at radius 2 is 2.29 bits per heavy atom. The molecule has 1 N–H and O–H groups in total. The van der Waals surface area contributed by atoms with Gasteiger partial charge in [0.2, 0.25) is 0 Å². The summed E-state index contributed by atoms with van der Waals surface area (Å²) in [5, 5.41) is 5.65. The van der Waals surface area contributed by atoms with E-state index in [4.69, 9.17) is 11.6 Å². The van der Waals surface area contributed by atoms with Crippen molar-refractivity contribution in [1.29, 1.82) is 0 Å². The highest BCUT2D eigenvalue weighted by molar-refractivity contribution is 9.10. The van der Waals surface area contributed by atoms with E-state index in [1.54, 1.807) is 11.3 Å². The summed E-state index contributed by atoms with van der Waals surface area (Å²) in [5.74, 6) is 0. The maximum Gasteiger partial charge on any atom is 0.0484 e. The highest BCUT2D eigenvalue weighted by Crippen LogP contribution is 2.21.